The highest BCUT2D eigenvalue weighted by Crippen LogP contribution is 2.22. The summed E-state index contributed by atoms with van der Waals surface area (Å²) in [6, 6.07) is 20.8. The molecular weight excluding hydrogens is 394 g/mol. The number of carbonyl (C=O) groups is 1. The van der Waals surface area contributed by atoms with Crippen LogP contribution in [0.4, 0.5) is 8.78 Å². The molecule has 3 rings (SSSR count). The highest BCUT2D eigenvalue weighted by atomic mass is 32.1. The minimum Gasteiger partial charge on any atom is -0.435 e. The molecule has 0 fully saturated rings. The minimum absolute atomic E-state index is 0.0415. The number of halogens is 2. The first-order chi connectivity index (χ1) is 14.1. The summed E-state index contributed by atoms with van der Waals surface area (Å²) in [6.07, 6.45) is 0.619. The fraction of sp³-hybridized carbons (Fsp3) is 0.227. The third-order valence-electron chi connectivity index (χ3n) is 4.43. The number of benzene rings is 2. The van der Waals surface area contributed by atoms with Gasteiger partial charge in [-0.25, -0.2) is 0 Å². The molecule has 0 aliphatic rings. The highest BCUT2D eigenvalue weighted by molar-refractivity contribution is 7.10. The molecule has 4 nitrogen and oxygen atoms in total. The van der Waals surface area contributed by atoms with Crippen LogP contribution >= 0.6 is 11.3 Å². The van der Waals surface area contributed by atoms with E-state index in [4.69, 9.17) is 0 Å². The lowest BCUT2D eigenvalue weighted by molar-refractivity contribution is -0.676. The van der Waals surface area contributed by atoms with Crippen molar-refractivity contribution in [1.29, 1.82) is 0 Å². The number of carbonyl (C=O) groups excluding carboxylic acids is 1. The molecule has 0 bridgehead atoms. The molecule has 0 spiro atoms. The number of thiophene rings is 1. The summed E-state index contributed by atoms with van der Waals surface area (Å²) in [5, 5.41) is 6.99. The van der Waals surface area contributed by atoms with Crippen LogP contribution < -0.4 is 15.4 Å². The van der Waals surface area contributed by atoms with Crippen LogP contribution in [0.25, 0.3) is 0 Å². The number of alkyl halides is 2. The molecule has 0 aliphatic heterocycles. The van der Waals surface area contributed by atoms with E-state index in [1.807, 2.05) is 35.0 Å². The summed E-state index contributed by atoms with van der Waals surface area (Å²) in [5.41, 5.74) is 2.10. The molecule has 0 radical (unpaired) electrons. The topological polar surface area (TPSA) is 54.9 Å². The van der Waals surface area contributed by atoms with Gasteiger partial charge in [0.2, 0.25) is 0 Å². The predicted octanol–water partition coefficient (Wildman–Crippen LogP) is 3.36. The van der Waals surface area contributed by atoms with E-state index in [0.717, 1.165) is 11.1 Å². The lowest BCUT2D eigenvalue weighted by Crippen LogP contribution is -2.87. The van der Waals surface area contributed by atoms with Gasteiger partial charge in [-0.15, -0.1) is 11.3 Å². The van der Waals surface area contributed by atoms with Gasteiger partial charge in [0.25, 0.3) is 5.91 Å². The number of ether oxygens (including phenoxy) is 1. The number of nitrogens with one attached hydrogen (secondary N) is 1. The van der Waals surface area contributed by atoms with Crippen molar-refractivity contribution in [3.05, 3.63) is 88.1 Å². The van der Waals surface area contributed by atoms with E-state index in [-0.39, 0.29) is 17.7 Å². The summed E-state index contributed by atoms with van der Waals surface area (Å²) >= 11 is 1.68. The van der Waals surface area contributed by atoms with Gasteiger partial charge in [0.05, 0.1) is 4.88 Å². The van der Waals surface area contributed by atoms with Gasteiger partial charge in [-0.1, -0.05) is 48.5 Å². The zero-order valence-corrected chi connectivity index (χ0v) is 16.6. The van der Waals surface area contributed by atoms with Crippen LogP contribution in [0.5, 0.6) is 5.75 Å². The van der Waals surface area contributed by atoms with Crippen LogP contribution in [-0.2, 0) is 11.2 Å². The van der Waals surface area contributed by atoms with E-state index in [1.54, 1.807) is 23.5 Å². The first-order valence-corrected chi connectivity index (χ1v) is 10.2. The van der Waals surface area contributed by atoms with E-state index in [9.17, 15) is 13.6 Å². The average molecular weight is 418 g/mol. The molecule has 0 saturated heterocycles. The standard InChI is InChI=1S/C22H22F2N2O2S/c23-22(24)28-18-10-8-16(9-11-18)12-13-25-20(27)15-26-21(19-7-4-14-29-19)17-5-2-1-3-6-17/h1-11,14,21-22,26H,12-13,15H2,(H,25,27)/p+1/t21-/m1/s1. The van der Waals surface area contributed by atoms with Gasteiger partial charge in [0, 0.05) is 12.1 Å². The molecule has 0 saturated carbocycles. The number of nitrogens with two attached hydrogens (primary N) is 1. The molecule has 0 unspecified atom stereocenters. The van der Waals surface area contributed by atoms with Crippen molar-refractivity contribution in [1.82, 2.24) is 5.32 Å². The molecule has 1 aromatic heterocycles. The van der Waals surface area contributed by atoms with Gasteiger partial charge < -0.3 is 15.4 Å². The minimum atomic E-state index is -2.83. The summed E-state index contributed by atoms with van der Waals surface area (Å²) in [7, 11) is 0. The van der Waals surface area contributed by atoms with E-state index >= 15 is 0 Å². The molecule has 3 aromatic rings. The molecule has 2 aromatic carbocycles. The van der Waals surface area contributed by atoms with Gasteiger partial charge in [-0.2, -0.15) is 8.78 Å². The molecule has 152 valence electrons. The monoisotopic (exact) mass is 417 g/mol. The Kier molecular flexibility index (Phi) is 7.72. The van der Waals surface area contributed by atoms with Crippen LogP contribution in [0.15, 0.2) is 72.1 Å². The molecule has 3 N–H and O–H groups in total. The van der Waals surface area contributed by atoms with E-state index in [2.05, 4.69) is 28.3 Å². The van der Waals surface area contributed by atoms with Crippen molar-refractivity contribution in [3.8, 4) is 5.75 Å². The SMILES string of the molecule is O=C(C[NH2+][C@H](c1ccccc1)c1cccs1)NCCc1ccc(OC(F)F)cc1. The fourth-order valence-electron chi connectivity index (χ4n) is 3.03. The Morgan fingerprint density at radius 1 is 1.03 bits per heavy atom. The zero-order valence-electron chi connectivity index (χ0n) is 15.8. The highest BCUT2D eigenvalue weighted by Gasteiger charge is 2.19. The van der Waals surface area contributed by atoms with Crippen LogP contribution in [-0.4, -0.2) is 25.6 Å². The Morgan fingerprint density at radius 3 is 2.45 bits per heavy atom. The number of rotatable bonds is 10. The maximum atomic E-state index is 12.3. The summed E-state index contributed by atoms with van der Waals surface area (Å²) in [6.45, 7) is -2.03. The number of hydrogen-bond donors (Lipinski definition) is 2. The van der Waals surface area contributed by atoms with Gasteiger partial charge in [0.1, 0.15) is 11.8 Å². The lowest BCUT2D eigenvalue weighted by Gasteiger charge is -2.14. The molecule has 1 heterocycles. The summed E-state index contributed by atoms with van der Waals surface area (Å²) in [4.78, 5) is 13.5. The molecule has 29 heavy (non-hydrogen) atoms. The second kappa shape index (κ2) is 10.7. The zero-order chi connectivity index (χ0) is 20.5. The van der Waals surface area contributed by atoms with Crippen molar-refractivity contribution in [2.75, 3.05) is 13.1 Å². The van der Waals surface area contributed by atoms with E-state index < -0.39 is 6.61 Å². The van der Waals surface area contributed by atoms with Gasteiger partial charge in [-0.3, -0.25) is 4.79 Å². The first kappa shape index (κ1) is 21.0. The molecule has 1 amide bonds. The second-order valence-electron chi connectivity index (χ2n) is 6.47. The summed E-state index contributed by atoms with van der Waals surface area (Å²) < 4.78 is 28.7. The maximum absolute atomic E-state index is 12.3. The quantitative estimate of drug-likeness (QED) is 0.532. The second-order valence-corrected chi connectivity index (χ2v) is 7.45. The number of amides is 1. The van der Waals surface area contributed by atoms with Crippen LogP contribution in [0.1, 0.15) is 22.0 Å². The van der Waals surface area contributed by atoms with Gasteiger partial charge >= 0.3 is 6.61 Å². The van der Waals surface area contributed by atoms with Crippen molar-refractivity contribution in [2.24, 2.45) is 0 Å². The normalized spacial score (nSPS) is 12.0. The molecule has 7 heteroatoms. The Bertz CT molecular complexity index is 872. The molecule has 0 aliphatic carbocycles. The molecule has 1 atom stereocenters. The maximum Gasteiger partial charge on any atom is 0.387 e. The third kappa shape index (κ3) is 6.66. The first-order valence-electron chi connectivity index (χ1n) is 9.34. The predicted molar refractivity (Wildman–Crippen MR) is 109 cm³/mol. The van der Waals surface area contributed by atoms with Crippen LogP contribution in [0.3, 0.4) is 0 Å². The van der Waals surface area contributed by atoms with Crippen molar-refractivity contribution < 1.29 is 23.6 Å². The number of quaternary nitrogens is 1. The van der Waals surface area contributed by atoms with E-state index in [1.165, 1.54) is 17.0 Å². The van der Waals surface area contributed by atoms with Crippen LogP contribution in [0, 0.1) is 0 Å². The smallest absolute Gasteiger partial charge is 0.387 e. The molecular formula is C22H23F2N2O2S+. The largest absolute Gasteiger partial charge is 0.435 e. The Balaban J connectivity index is 1.46. The number of hydrogen-bond acceptors (Lipinski definition) is 3. The van der Waals surface area contributed by atoms with E-state index in [0.29, 0.717) is 19.5 Å². The average Bonchev–Trinajstić information content (AvgIpc) is 3.24. The van der Waals surface area contributed by atoms with Crippen molar-refractivity contribution in [3.63, 3.8) is 0 Å². The van der Waals surface area contributed by atoms with Gasteiger partial charge in [-0.05, 0) is 35.6 Å². The van der Waals surface area contributed by atoms with Gasteiger partial charge in [0.15, 0.2) is 6.54 Å². The third-order valence-corrected chi connectivity index (χ3v) is 5.39. The fourth-order valence-corrected chi connectivity index (χ4v) is 3.88. The van der Waals surface area contributed by atoms with Crippen LogP contribution in [0.2, 0.25) is 0 Å². The Labute approximate surface area is 172 Å². The Hall–Kier alpha value is -2.77. The van der Waals surface area contributed by atoms with Crippen molar-refractivity contribution >= 4 is 17.2 Å². The van der Waals surface area contributed by atoms with Crippen molar-refractivity contribution in [2.45, 2.75) is 19.1 Å². The Morgan fingerprint density at radius 2 is 1.79 bits per heavy atom. The summed E-state index contributed by atoms with van der Waals surface area (Å²) in [5.74, 6) is 0.0862. The lowest BCUT2D eigenvalue weighted by atomic mass is 10.1.